The fraction of sp³-hybridized carbons (Fsp3) is 0.471. The molecule has 1 spiro atoms. The van der Waals surface area contributed by atoms with Gasteiger partial charge >= 0.3 is 0 Å². The molecule has 0 amide bonds. The zero-order chi connectivity index (χ0) is 14.4. The van der Waals surface area contributed by atoms with Gasteiger partial charge in [-0.25, -0.2) is 4.98 Å². The molecule has 4 rings (SSSR count). The summed E-state index contributed by atoms with van der Waals surface area (Å²) in [6.45, 7) is 6.57. The standard InChI is InChI=1S/C17H22N4/c1-12-9-14-13(3-2-4-15(14)18)16(20-12)21-8-6-17(11-21)5-7-19-10-17/h2-4,9,19H,5-8,10-11,18H2,1H3. The van der Waals surface area contributed by atoms with Gasteiger partial charge in [0, 0.05) is 47.2 Å². The number of aromatic nitrogens is 1. The normalized spacial score (nSPS) is 25.3. The van der Waals surface area contributed by atoms with Gasteiger partial charge in [-0.2, -0.15) is 0 Å². The summed E-state index contributed by atoms with van der Waals surface area (Å²) < 4.78 is 0. The van der Waals surface area contributed by atoms with Crippen molar-refractivity contribution in [2.45, 2.75) is 19.8 Å². The van der Waals surface area contributed by atoms with Crippen molar-refractivity contribution >= 4 is 22.3 Å². The van der Waals surface area contributed by atoms with Gasteiger partial charge in [-0.3, -0.25) is 0 Å². The molecule has 2 aromatic rings. The van der Waals surface area contributed by atoms with E-state index in [1.54, 1.807) is 0 Å². The molecule has 2 fully saturated rings. The van der Waals surface area contributed by atoms with E-state index in [4.69, 9.17) is 10.7 Å². The maximum atomic E-state index is 6.15. The van der Waals surface area contributed by atoms with Crippen LogP contribution in [-0.2, 0) is 0 Å². The van der Waals surface area contributed by atoms with Crippen LogP contribution >= 0.6 is 0 Å². The van der Waals surface area contributed by atoms with Gasteiger partial charge in [-0.15, -0.1) is 0 Å². The van der Waals surface area contributed by atoms with Crippen molar-refractivity contribution in [3.63, 3.8) is 0 Å². The predicted octanol–water partition coefficient (Wildman–Crippen LogP) is 2.32. The molecule has 1 unspecified atom stereocenters. The van der Waals surface area contributed by atoms with Gasteiger partial charge in [-0.05, 0) is 38.4 Å². The number of hydrogen-bond acceptors (Lipinski definition) is 4. The minimum absolute atomic E-state index is 0.456. The van der Waals surface area contributed by atoms with Gasteiger partial charge in [0.15, 0.2) is 0 Å². The summed E-state index contributed by atoms with van der Waals surface area (Å²) in [5, 5.41) is 5.83. The van der Waals surface area contributed by atoms with E-state index in [1.807, 2.05) is 12.1 Å². The van der Waals surface area contributed by atoms with E-state index in [9.17, 15) is 0 Å². The Kier molecular flexibility index (Phi) is 2.82. The highest BCUT2D eigenvalue weighted by atomic mass is 15.2. The maximum absolute atomic E-state index is 6.15. The van der Waals surface area contributed by atoms with Crippen LogP contribution in [0, 0.1) is 12.3 Å². The van der Waals surface area contributed by atoms with E-state index in [1.165, 1.54) is 18.2 Å². The Balaban J connectivity index is 1.78. The van der Waals surface area contributed by atoms with E-state index in [2.05, 4.69) is 29.3 Å². The van der Waals surface area contributed by atoms with Crippen molar-refractivity contribution in [3.05, 3.63) is 30.0 Å². The third kappa shape index (κ3) is 2.05. The summed E-state index contributed by atoms with van der Waals surface area (Å²) in [4.78, 5) is 7.29. The first-order chi connectivity index (χ1) is 10.2. The molecule has 3 N–H and O–H groups in total. The molecule has 0 aliphatic carbocycles. The van der Waals surface area contributed by atoms with Crippen molar-refractivity contribution in [1.82, 2.24) is 10.3 Å². The van der Waals surface area contributed by atoms with Crippen molar-refractivity contribution in [1.29, 1.82) is 0 Å². The Morgan fingerprint density at radius 2 is 2.19 bits per heavy atom. The molecule has 4 heteroatoms. The van der Waals surface area contributed by atoms with Crippen LogP contribution in [0.15, 0.2) is 24.3 Å². The number of rotatable bonds is 1. The van der Waals surface area contributed by atoms with E-state index in [0.29, 0.717) is 5.41 Å². The molecule has 2 aliphatic rings. The van der Waals surface area contributed by atoms with Crippen LogP contribution in [0.5, 0.6) is 0 Å². The Labute approximate surface area is 125 Å². The van der Waals surface area contributed by atoms with Gasteiger partial charge in [-0.1, -0.05) is 12.1 Å². The number of pyridine rings is 1. The number of nitrogen functional groups attached to an aromatic ring is 1. The van der Waals surface area contributed by atoms with E-state index in [-0.39, 0.29) is 0 Å². The summed E-state index contributed by atoms with van der Waals surface area (Å²) in [6.07, 6.45) is 2.55. The number of hydrogen-bond donors (Lipinski definition) is 2. The molecule has 110 valence electrons. The number of anilines is 2. The molecule has 2 saturated heterocycles. The number of benzene rings is 1. The molecule has 0 radical (unpaired) electrons. The molecule has 1 atom stereocenters. The second-order valence-corrected chi connectivity index (χ2v) is 6.63. The third-order valence-electron chi connectivity index (χ3n) is 5.09. The van der Waals surface area contributed by atoms with Crippen LogP contribution in [0.25, 0.3) is 10.8 Å². The lowest BCUT2D eigenvalue weighted by Crippen LogP contribution is -2.29. The highest BCUT2D eigenvalue weighted by molar-refractivity contribution is 5.99. The first-order valence-corrected chi connectivity index (χ1v) is 7.78. The molecule has 0 saturated carbocycles. The fourth-order valence-corrected chi connectivity index (χ4v) is 3.91. The smallest absolute Gasteiger partial charge is 0.136 e. The van der Waals surface area contributed by atoms with Gasteiger partial charge < -0.3 is 16.0 Å². The largest absolute Gasteiger partial charge is 0.398 e. The zero-order valence-corrected chi connectivity index (χ0v) is 12.5. The van der Waals surface area contributed by atoms with Crippen LogP contribution in [0.4, 0.5) is 11.5 Å². The Morgan fingerprint density at radius 3 is 3.00 bits per heavy atom. The first-order valence-electron chi connectivity index (χ1n) is 7.78. The fourth-order valence-electron chi connectivity index (χ4n) is 3.91. The monoisotopic (exact) mass is 282 g/mol. The van der Waals surface area contributed by atoms with Gasteiger partial charge in [0.25, 0.3) is 0 Å². The average Bonchev–Trinajstić information content (AvgIpc) is 3.10. The van der Waals surface area contributed by atoms with E-state index < -0.39 is 0 Å². The summed E-state index contributed by atoms with van der Waals surface area (Å²) in [5.41, 5.74) is 8.49. The van der Waals surface area contributed by atoms with Crippen molar-refractivity contribution in [2.75, 3.05) is 36.8 Å². The quantitative estimate of drug-likeness (QED) is 0.788. The highest BCUT2D eigenvalue weighted by Gasteiger charge is 2.41. The lowest BCUT2D eigenvalue weighted by atomic mass is 9.86. The van der Waals surface area contributed by atoms with Crippen molar-refractivity contribution in [3.8, 4) is 0 Å². The summed E-state index contributed by atoms with van der Waals surface area (Å²) >= 11 is 0. The minimum Gasteiger partial charge on any atom is -0.398 e. The van der Waals surface area contributed by atoms with Crippen molar-refractivity contribution < 1.29 is 0 Å². The SMILES string of the molecule is Cc1cc2c(N)cccc2c(N2CCC3(CCNC3)C2)n1. The lowest BCUT2D eigenvalue weighted by molar-refractivity contribution is 0.369. The number of aryl methyl sites for hydroxylation is 1. The van der Waals surface area contributed by atoms with Gasteiger partial charge in [0.1, 0.15) is 5.82 Å². The highest BCUT2D eigenvalue weighted by Crippen LogP contribution is 2.40. The summed E-state index contributed by atoms with van der Waals surface area (Å²) in [5.74, 6) is 1.11. The molecular weight excluding hydrogens is 260 g/mol. The average molecular weight is 282 g/mol. The first kappa shape index (κ1) is 12.9. The number of nitrogens with one attached hydrogen (secondary N) is 1. The van der Waals surface area contributed by atoms with Gasteiger partial charge in [0.05, 0.1) is 0 Å². The topological polar surface area (TPSA) is 54.2 Å². The Bertz CT molecular complexity index is 688. The molecule has 4 nitrogen and oxygen atoms in total. The molecule has 0 bridgehead atoms. The van der Waals surface area contributed by atoms with Crippen LogP contribution in [0.3, 0.4) is 0 Å². The van der Waals surface area contributed by atoms with Crippen LogP contribution < -0.4 is 16.0 Å². The van der Waals surface area contributed by atoms with E-state index >= 15 is 0 Å². The zero-order valence-electron chi connectivity index (χ0n) is 12.5. The van der Waals surface area contributed by atoms with Crippen LogP contribution in [-0.4, -0.2) is 31.2 Å². The van der Waals surface area contributed by atoms with Crippen LogP contribution in [0.1, 0.15) is 18.5 Å². The van der Waals surface area contributed by atoms with E-state index in [0.717, 1.165) is 48.8 Å². The molecular formula is C17H22N4. The molecule has 1 aromatic carbocycles. The Hall–Kier alpha value is -1.81. The maximum Gasteiger partial charge on any atom is 0.136 e. The van der Waals surface area contributed by atoms with Crippen molar-refractivity contribution in [2.24, 2.45) is 5.41 Å². The van der Waals surface area contributed by atoms with Gasteiger partial charge in [0.2, 0.25) is 0 Å². The number of nitrogens with two attached hydrogens (primary N) is 1. The van der Waals surface area contributed by atoms with Crippen LogP contribution in [0.2, 0.25) is 0 Å². The second-order valence-electron chi connectivity index (χ2n) is 6.63. The molecule has 3 heterocycles. The summed E-state index contributed by atoms with van der Waals surface area (Å²) in [6, 6.07) is 8.24. The molecule has 2 aliphatic heterocycles. The number of fused-ring (bicyclic) bond motifs is 1. The third-order valence-corrected chi connectivity index (χ3v) is 5.09. The molecule has 21 heavy (non-hydrogen) atoms. The lowest BCUT2D eigenvalue weighted by Gasteiger charge is -2.24. The minimum atomic E-state index is 0.456. The molecule has 1 aromatic heterocycles. The second kappa shape index (κ2) is 4.60. The predicted molar refractivity (Wildman–Crippen MR) is 87.6 cm³/mol. The number of nitrogens with zero attached hydrogens (tertiary/aromatic N) is 2. The summed E-state index contributed by atoms with van der Waals surface area (Å²) in [7, 11) is 0. The Morgan fingerprint density at radius 1 is 1.29 bits per heavy atom.